The van der Waals surface area contributed by atoms with Gasteiger partial charge in [0, 0.05) is 18.8 Å². The van der Waals surface area contributed by atoms with Crippen LogP contribution in [0.15, 0.2) is 62.8 Å². The number of rotatable bonds is 7. The third-order valence-corrected chi connectivity index (χ3v) is 7.04. The number of H-pyrrole nitrogens is 1. The fraction of sp³-hybridized carbons (Fsp3) is 0.273. The lowest BCUT2D eigenvalue weighted by molar-refractivity contribution is 0.102. The molecule has 10 heteroatoms. The van der Waals surface area contributed by atoms with E-state index >= 15 is 0 Å². The third kappa shape index (κ3) is 4.32. The van der Waals surface area contributed by atoms with Crippen LogP contribution < -0.4 is 15.6 Å². The monoisotopic (exact) mass is 457 g/mol. The lowest BCUT2D eigenvalue weighted by Gasteiger charge is -2.19. The number of hydrogen-bond donors (Lipinski definition) is 2. The molecule has 1 saturated heterocycles. The molecule has 0 aliphatic carbocycles. The number of benzene rings is 1. The molecule has 3 heterocycles. The van der Waals surface area contributed by atoms with Crippen LogP contribution in [0.2, 0.25) is 0 Å². The second kappa shape index (κ2) is 9.01. The second-order valence-electron chi connectivity index (χ2n) is 7.25. The number of aromatic amines is 1. The molecule has 0 unspecified atom stereocenters. The highest BCUT2D eigenvalue weighted by Gasteiger charge is 2.30. The standard InChI is InChI=1S/C22H23N3O6S/c1-2-30-19-10-7-15(14-20(19)32(28,29)25-11-3-4-12-25)23-21(26)16-8-9-17(24-22(16)27)18-6-5-13-31-18/h5-10,13-14H,2-4,11-12H2,1H3,(H,23,26)(H,24,27). The summed E-state index contributed by atoms with van der Waals surface area (Å²) in [6.45, 7) is 2.95. The molecule has 0 atom stereocenters. The molecule has 0 spiro atoms. The van der Waals surface area contributed by atoms with Gasteiger partial charge in [0.05, 0.1) is 18.6 Å². The predicted molar refractivity (Wildman–Crippen MR) is 118 cm³/mol. The maximum Gasteiger partial charge on any atom is 0.261 e. The van der Waals surface area contributed by atoms with Crippen molar-refractivity contribution in [1.29, 1.82) is 0 Å². The Morgan fingerprint density at radius 2 is 1.97 bits per heavy atom. The van der Waals surface area contributed by atoms with Crippen molar-refractivity contribution in [2.45, 2.75) is 24.7 Å². The Labute approximate surface area is 185 Å². The molecule has 168 valence electrons. The highest BCUT2D eigenvalue weighted by atomic mass is 32.2. The molecule has 1 aliphatic rings. The lowest BCUT2D eigenvalue weighted by Crippen LogP contribution is -2.28. The van der Waals surface area contributed by atoms with Crippen molar-refractivity contribution in [3.63, 3.8) is 0 Å². The van der Waals surface area contributed by atoms with E-state index in [4.69, 9.17) is 9.15 Å². The van der Waals surface area contributed by atoms with Crippen molar-refractivity contribution < 1.29 is 22.4 Å². The topological polar surface area (TPSA) is 122 Å². The van der Waals surface area contributed by atoms with E-state index in [1.165, 1.54) is 34.8 Å². The first-order valence-corrected chi connectivity index (χ1v) is 11.7. The van der Waals surface area contributed by atoms with E-state index in [0.717, 1.165) is 12.8 Å². The zero-order chi connectivity index (χ0) is 22.7. The molecule has 32 heavy (non-hydrogen) atoms. The summed E-state index contributed by atoms with van der Waals surface area (Å²) in [4.78, 5) is 27.7. The Hall–Kier alpha value is -3.37. The van der Waals surface area contributed by atoms with Crippen LogP contribution in [0.1, 0.15) is 30.1 Å². The third-order valence-electron chi connectivity index (χ3n) is 5.13. The molecular weight excluding hydrogens is 434 g/mol. The maximum atomic E-state index is 13.1. The fourth-order valence-electron chi connectivity index (χ4n) is 3.56. The van der Waals surface area contributed by atoms with Gasteiger partial charge in [-0.2, -0.15) is 4.31 Å². The van der Waals surface area contributed by atoms with Crippen molar-refractivity contribution in [3.8, 4) is 17.2 Å². The van der Waals surface area contributed by atoms with Gasteiger partial charge in [-0.1, -0.05) is 0 Å². The van der Waals surface area contributed by atoms with E-state index in [0.29, 0.717) is 31.2 Å². The summed E-state index contributed by atoms with van der Waals surface area (Å²) in [6.07, 6.45) is 3.08. The second-order valence-corrected chi connectivity index (χ2v) is 9.16. The van der Waals surface area contributed by atoms with Crippen molar-refractivity contribution in [2.75, 3.05) is 25.0 Å². The van der Waals surface area contributed by atoms with Gasteiger partial charge >= 0.3 is 0 Å². The summed E-state index contributed by atoms with van der Waals surface area (Å²) in [7, 11) is -3.77. The average molecular weight is 458 g/mol. The molecule has 9 nitrogen and oxygen atoms in total. The van der Waals surface area contributed by atoms with Gasteiger partial charge in [0.1, 0.15) is 22.0 Å². The number of nitrogens with one attached hydrogen (secondary N) is 2. The summed E-state index contributed by atoms with van der Waals surface area (Å²) in [5.41, 5.74) is -0.0206. The van der Waals surface area contributed by atoms with Crippen molar-refractivity contribution in [3.05, 3.63) is 64.6 Å². The molecule has 2 aromatic heterocycles. The Bertz CT molecular complexity index is 1280. The first-order valence-electron chi connectivity index (χ1n) is 10.3. The van der Waals surface area contributed by atoms with Crippen LogP contribution in [0.5, 0.6) is 5.75 Å². The smallest absolute Gasteiger partial charge is 0.261 e. The number of carbonyl (C=O) groups is 1. The molecular formula is C22H23N3O6S. The fourth-order valence-corrected chi connectivity index (χ4v) is 5.23. The zero-order valence-electron chi connectivity index (χ0n) is 17.5. The number of nitrogens with zero attached hydrogens (tertiary/aromatic N) is 1. The molecule has 4 rings (SSSR count). The van der Waals surface area contributed by atoms with Gasteiger partial charge in [-0.25, -0.2) is 8.42 Å². The van der Waals surface area contributed by atoms with Gasteiger partial charge in [-0.15, -0.1) is 0 Å². The molecule has 1 fully saturated rings. The van der Waals surface area contributed by atoms with Gasteiger partial charge in [0.15, 0.2) is 0 Å². The van der Waals surface area contributed by atoms with Gasteiger partial charge in [0.2, 0.25) is 10.0 Å². The van der Waals surface area contributed by atoms with Gasteiger partial charge in [-0.3, -0.25) is 9.59 Å². The molecule has 1 amide bonds. The van der Waals surface area contributed by atoms with Gasteiger partial charge in [0.25, 0.3) is 11.5 Å². The Morgan fingerprint density at radius 3 is 2.62 bits per heavy atom. The number of ether oxygens (including phenoxy) is 1. The molecule has 0 radical (unpaired) electrons. The number of sulfonamides is 1. The normalized spacial score (nSPS) is 14.4. The summed E-state index contributed by atoms with van der Waals surface area (Å²) >= 11 is 0. The number of furan rings is 1. The van der Waals surface area contributed by atoms with E-state index in [-0.39, 0.29) is 21.9 Å². The van der Waals surface area contributed by atoms with E-state index < -0.39 is 21.5 Å². The number of carbonyl (C=O) groups excluding carboxylic acids is 1. The van der Waals surface area contributed by atoms with E-state index in [1.807, 2.05) is 0 Å². The van der Waals surface area contributed by atoms with E-state index in [2.05, 4.69) is 10.3 Å². The lowest BCUT2D eigenvalue weighted by atomic mass is 10.2. The SMILES string of the molecule is CCOc1ccc(NC(=O)c2ccc(-c3ccco3)[nH]c2=O)cc1S(=O)(=O)N1CCCC1. The van der Waals surface area contributed by atoms with Crippen LogP contribution in [-0.2, 0) is 10.0 Å². The van der Waals surface area contributed by atoms with Crippen LogP contribution in [0.3, 0.4) is 0 Å². The number of aromatic nitrogens is 1. The Balaban J connectivity index is 1.62. The maximum absolute atomic E-state index is 13.1. The average Bonchev–Trinajstić information content (AvgIpc) is 3.49. The molecule has 0 saturated carbocycles. The predicted octanol–water partition coefficient (Wildman–Crippen LogP) is 3.07. The summed E-state index contributed by atoms with van der Waals surface area (Å²) < 4.78 is 38.4. The molecule has 2 N–H and O–H groups in total. The van der Waals surface area contributed by atoms with Crippen LogP contribution in [0.4, 0.5) is 5.69 Å². The van der Waals surface area contributed by atoms with Crippen molar-refractivity contribution >= 4 is 21.6 Å². The first kappa shape index (κ1) is 21.8. The van der Waals surface area contributed by atoms with Gasteiger partial charge < -0.3 is 19.5 Å². The summed E-state index contributed by atoms with van der Waals surface area (Å²) in [6, 6.07) is 10.7. The van der Waals surface area contributed by atoms with Crippen LogP contribution >= 0.6 is 0 Å². The number of pyridine rings is 1. The largest absolute Gasteiger partial charge is 0.492 e. The molecule has 3 aromatic rings. The van der Waals surface area contributed by atoms with Crippen molar-refractivity contribution in [1.82, 2.24) is 9.29 Å². The van der Waals surface area contributed by atoms with Crippen LogP contribution in [0, 0.1) is 0 Å². The number of amides is 1. The highest BCUT2D eigenvalue weighted by molar-refractivity contribution is 7.89. The van der Waals surface area contributed by atoms with E-state index in [9.17, 15) is 18.0 Å². The van der Waals surface area contributed by atoms with Gasteiger partial charge in [-0.05, 0) is 62.2 Å². The molecule has 1 aliphatic heterocycles. The minimum Gasteiger partial charge on any atom is -0.492 e. The van der Waals surface area contributed by atoms with Crippen molar-refractivity contribution in [2.24, 2.45) is 0 Å². The minimum atomic E-state index is -3.77. The number of hydrogen-bond acceptors (Lipinski definition) is 6. The highest BCUT2D eigenvalue weighted by Crippen LogP contribution is 2.31. The van der Waals surface area contributed by atoms with Crippen LogP contribution in [-0.4, -0.2) is 43.3 Å². The quantitative estimate of drug-likeness (QED) is 0.562. The summed E-state index contributed by atoms with van der Waals surface area (Å²) in [5, 5.41) is 2.60. The minimum absolute atomic E-state index is 0.0128. The van der Waals surface area contributed by atoms with Crippen LogP contribution in [0.25, 0.3) is 11.5 Å². The molecule has 0 bridgehead atoms. The zero-order valence-corrected chi connectivity index (χ0v) is 18.3. The molecule has 1 aromatic carbocycles. The first-order chi connectivity index (χ1) is 15.4. The Morgan fingerprint density at radius 1 is 1.19 bits per heavy atom. The number of anilines is 1. The summed E-state index contributed by atoms with van der Waals surface area (Å²) in [5.74, 6) is 0.0290. The Kier molecular flexibility index (Phi) is 6.15. The van der Waals surface area contributed by atoms with E-state index in [1.54, 1.807) is 25.1 Å².